The van der Waals surface area contributed by atoms with E-state index in [-0.39, 0.29) is 24.4 Å². The quantitative estimate of drug-likeness (QED) is 0.928. The number of nitrogens with zero attached hydrogens (tertiary/aromatic N) is 1. The summed E-state index contributed by atoms with van der Waals surface area (Å²) in [6.07, 6.45) is 0.523. The van der Waals surface area contributed by atoms with Crippen LogP contribution in [0.3, 0.4) is 0 Å². The zero-order valence-electron chi connectivity index (χ0n) is 12.9. The Morgan fingerprint density at radius 2 is 2.24 bits per heavy atom. The first-order valence-electron chi connectivity index (χ1n) is 7.25. The third kappa shape index (κ3) is 4.35. The number of carbonyl (C=O) groups is 1. The van der Waals surface area contributed by atoms with Crippen LogP contribution >= 0.6 is 12.4 Å². The Morgan fingerprint density at radius 1 is 1.52 bits per heavy atom. The van der Waals surface area contributed by atoms with E-state index in [9.17, 15) is 4.79 Å². The number of ether oxygens (including phenoxy) is 1. The zero-order valence-corrected chi connectivity index (χ0v) is 13.7. The van der Waals surface area contributed by atoms with Gasteiger partial charge in [-0.15, -0.1) is 12.4 Å². The maximum Gasteiger partial charge on any atom is 0.263 e. The Balaban J connectivity index is 0.00000220. The summed E-state index contributed by atoms with van der Waals surface area (Å²) in [5.41, 5.74) is 6.83. The second kappa shape index (κ2) is 7.66. The molecule has 0 spiro atoms. The first kappa shape index (κ1) is 17.8. The highest BCUT2D eigenvalue weighted by Gasteiger charge is 2.34. The van der Waals surface area contributed by atoms with Crippen LogP contribution in [0.2, 0.25) is 0 Å². The van der Waals surface area contributed by atoms with Gasteiger partial charge in [0.25, 0.3) is 5.91 Å². The summed E-state index contributed by atoms with van der Waals surface area (Å²) >= 11 is 0. The second-order valence-corrected chi connectivity index (χ2v) is 5.75. The van der Waals surface area contributed by atoms with Crippen molar-refractivity contribution in [2.45, 2.75) is 39.3 Å². The van der Waals surface area contributed by atoms with E-state index in [0.717, 1.165) is 24.3 Å². The molecule has 2 rings (SSSR count). The number of hydrogen-bond donors (Lipinski definition) is 1. The molecule has 3 unspecified atom stereocenters. The van der Waals surface area contributed by atoms with Gasteiger partial charge < -0.3 is 15.4 Å². The van der Waals surface area contributed by atoms with Gasteiger partial charge >= 0.3 is 0 Å². The fourth-order valence-electron chi connectivity index (χ4n) is 2.80. The molecule has 21 heavy (non-hydrogen) atoms. The van der Waals surface area contributed by atoms with Crippen LogP contribution in [0.1, 0.15) is 25.8 Å². The molecule has 1 saturated heterocycles. The van der Waals surface area contributed by atoms with E-state index in [1.807, 2.05) is 43.0 Å². The minimum atomic E-state index is -0.462. The van der Waals surface area contributed by atoms with Crippen molar-refractivity contribution in [3.05, 3.63) is 29.8 Å². The van der Waals surface area contributed by atoms with Crippen molar-refractivity contribution in [3.8, 4) is 5.75 Å². The van der Waals surface area contributed by atoms with Gasteiger partial charge in [0.2, 0.25) is 0 Å². The molecule has 1 fully saturated rings. The number of rotatable bonds is 4. The lowest BCUT2D eigenvalue weighted by atomic mass is 10.1. The van der Waals surface area contributed by atoms with Crippen LogP contribution in [0, 0.1) is 12.8 Å². The molecule has 1 heterocycles. The van der Waals surface area contributed by atoms with Gasteiger partial charge in [-0.1, -0.05) is 12.1 Å². The van der Waals surface area contributed by atoms with Crippen molar-refractivity contribution < 1.29 is 9.53 Å². The van der Waals surface area contributed by atoms with Gasteiger partial charge in [0, 0.05) is 12.6 Å². The highest BCUT2D eigenvalue weighted by atomic mass is 35.5. The first-order valence-corrected chi connectivity index (χ1v) is 7.25. The highest BCUT2D eigenvalue weighted by Crippen LogP contribution is 2.24. The summed E-state index contributed by atoms with van der Waals surface area (Å²) in [7, 11) is 0. The maximum atomic E-state index is 12.5. The number of amides is 1. The summed E-state index contributed by atoms with van der Waals surface area (Å²) < 4.78 is 5.76. The molecule has 1 aromatic carbocycles. The third-order valence-electron chi connectivity index (χ3n) is 3.93. The van der Waals surface area contributed by atoms with Crippen molar-refractivity contribution in [2.24, 2.45) is 11.7 Å². The van der Waals surface area contributed by atoms with Crippen molar-refractivity contribution in [1.29, 1.82) is 0 Å². The van der Waals surface area contributed by atoms with Gasteiger partial charge in [0.05, 0.1) is 0 Å². The summed E-state index contributed by atoms with van der Waals surface area (Å²) in [4.78, 5) is 14.4. The Labute approximate surface area is 133 Å². The van der Waals surface area contributed by atoms with Crippen LogP contribution in [0.4, 0.5) is 0 Å². The normalized spacial score (nSPS) is 22.6. The van der Waals surface area contributed by atoms with E-state index in [2.05, 4.69) is 6.92 Å². The number of carbonyl (C=O) groups excluding carboxylic acids is 1. The van der Waals surface area contributed by atoms with E-state index in [1.54, 1.807) is 0 Å². The molecule has 0 aromatic heterocycles. The van der Waals surface area contributed by atoms with Gasteiger partial charge in [0.15, 0.2) is 6.10 Å². The van der Waals surface area contributed by atoms with Crippen LogP contribution < -0.4 is 10.5 Å². The Hall–Kier alpha value is -1.26. The number of likely N-dealkylation sites (tertiary alicyclic amines) is 1. The Bertz CT molecular complexity index is 481. The molecule has 5 heteroatoms. The molecule has 1 aliphatic rings. The molecule has 1 aliphatic heterocycles. The summed E-state index contributed by atoms with van der Waals surface area (Å²) in [6.45, 7) is 7.28. The SMILES string of the molecule is Cc1cccc(OC(C)C(=O)N2CC(CN)CC2C)c1.Cl. The summed E-state index contributed by atoms with van der Waals surface area (Å²) in [5.74, 6) is 1.21. The predicted octanol–water partition coefficient (Wildman–Crippen LogP) is 2.38. The van der Waals surface area contributed by atoms with Crippen molar-refractivity contribution in [2.75, 3.05) is 13.1 Å². The molecule has 0 aliphatic carbocycles. The zero-order chi connectivity index (χ0) is 14.7. The number of halogens is 1. The lowest BCUT2D eigenvalue weighted by Gasteiger charge is -2.25. The molecule has 3 atom stereocenters. The number of benzene rings is 1. The minimum Gasteiger partial charge on any atom is -0.481 e. The van der Waals surface area contributed by atoms with E-state index in [4.69, 9.17) is 10.5 Å². The number of aryl methyl sites for hydroxylation is 1. The molecule has 0 bridgehead atoms. The molecule has 4 nitrogen and oxygen atoms in total. The first-order chi connectivity index (χ1) is 9.51. The standard InChI is InChI=1S/C16H24N2O2.ClH/c1-11-5-4-6-15(7-11)20-13(3)16(19)18-10-14(9-17)8-12(18)2;/h4-7,12-14H,8-10,17H2,1-3H3;1H. The van der Waals surface area contributed by atoms with Crippen LogP contribution in [0.5, 0.6) is 5.75 Å². The Morgan fingerprint density at radius 3 is 2.81 bits per heavy atom. The lowest BCUT2D eigenvalue weighted by Crippen LogP contribution is -2.42. The van der Waals surface area contributed by atoms with Crippen LogP contribution in [0.15, 0.2) is 24.3 Å². The van der Waals surface area contributed by atoms with E-state index in [0.29, 0.717) is 12.5 Å². The number of nitrogens with two attached hydrogens (primary N) is 1. The minimum absolute atomic E-state index is 0. The predicted molar refractivity (Wildman–Crippen MR) is 86.9 cm³/mol. The molecule has 1 amide bonds. The van der Waals surface area contributed by atoms with Crippen LogP contribution in [-0.4, -0.2) is 36.0 Å². The van der Waals surface area contributed by atoms with Crippen molar-refractivity contribution >= 4 is 18.3 Å². The van der Waals surface area contributed by atoms with E-state index in [1.165, 1.54) is 0 Å². The van der Waals surface area contributed by atoms with E-state index < -0.39 is 6.10 Å². The monoisotopic (exact) mass is 312 g/mol. The van der Waals surface area contributed by atoms with E-state index >= 15 is 0 Å². The molecule has 0 radical (unpaired) electrons. The lowest BCUT2D eigenvalue weighted by molar-refractivity contribution is -0.138. The highest BCUT2D eigenvalue weighted by molar-refractivity contribution is 5.85. The second-order valence-electron chi connectivity index (χ2n) is 5.75. The van der Waals surface area contributed by atoms with Gasteiger partial charge in [-0.2, -0.15) is 0 Å². The number of hydrogen-bond acceptors (Lipinski definition) is 3. The fourth-order valence-corrected chi connectivity index (χ4v) is 2.80. The van der Waals surface area contributed by atoms with Crippen molar-refractivity contribution in [1.82, 2.24) is 4.90 Å². The average molecular weight is 313 g/mol. The van der Waals surface area contributed by atoms with Crippen LogP contribution in [-0.2, 0) is 4.79 Å². The Kier molecular flexibility index (Phi) is 6.49. The maximum absolute atomic E-state index is 12.5. The molecular formula is C16H25ClN2O2. The molecule has 118 valence electrons. The molecule has 0 saturated carbocycles. The third-order valence-corrected chi connectivity index (χ3v) is 3.93. The topological polar surface area (TPSA) is 55.6 Å². The average Bonchev–Trinajstić information content (AvgIpc) is 2.79. The molecule has 2 N–H and O–H groups in total. The van der Waals surface area contributed by atoms with Crippen molar-refractivity contribution in [3.63, 3.8) is 0 Å². The fraction of sp³-hybridized carbons (Fsp3) is 0.562. The van der Waals surface area contributed by atoms with Gasteiger partial charge in [-0.05, 0) is 57.4 Å². The summed E-state index contributed by atoms with van der Waals surface area (Å²) in [5, 5.41) is 0. The van der Waals surface area contributed by atoms with Crippen LogP contribution in [0.25, 0.3) is 0 Å². The summed E-state index contributed by atoms with van der Waals surface area (Å²) in [6, 6.07) is 8.02. The molecule has 1 aromatic rings. The largest absolute Gasteiger partial charge is 0.481 e. The molecular weight excluding hydrogens is 288 g/mol. The van der Waals surface area contributed by atoms with Gasteiger partial charge in [-0.25, -0.2) is 0 Å². The van der Waals surface area contributed by atoms with Gasteiger partial charge in [-0.3, -0.25) is 4.79 Å². The van der Waals surface area contributed by atoms with Gasteiger partial charge in [0.1, 0.15) is 5.75 Å². The smallest absolute Gasteiger partial charge is 0.263 e.